The minimum absolute atomic E-state index is 0.00791. The highest BCUT2D eigenvalue weighted by Crippen LogP contribution is 2.52. The van der Waals surface area contributed by atoms with Crippen LogP contribution in [0.3, 0.4) is 0 Å². The van der Waals surface area contributed by atoms with Crippen LogP contribution in [0.2, 0.25) is 5.02 Å². The number of halogens is 5. The van der Waals surface area contributed by atoms with Gasteiger partial charge in [0, 0.05) is 39.3 Å². The molecule has 0 saturated heterocycles. The molecular formula is C24H22BrClF3N3O3. The van der Waals surface area contributed by atoms with Crippen LogP contribution in [0.15, 0.2) is 34.8 Å². The molecule has 0 saturated carbocycles. The van der Waals surface area contributed by atoms with Gasteiger partial charge >= 0.3 is 6.18 Å². The maximum Gasteiger partial charge on any atom is 0.416 e. The fourth-order valence-electron chi connectivity index (χ4n) is 4.10. The Morgan fingerprint density at radius 3 is 2.46 bits per heavy atom. The zero-order valence-electron chi connectivity index (χ0n) is 18.8. The summed E-state index contributed by atoms with van der Waals surface area (Å²) in [5.74, 6) is 2.34. The summed E-state index contributed by atoms with van der Waals surface area (Å²) in [6.45, 7) is 5.51. The SMILES string of the molecule is CCN(CC)CCN1C(=O)C(O)(c2ccc(Br)cc2Cl)c2c1cc(C#CC(N)=O)cc2C(F)(F)F. The highest BCUT2D eigenvalue weighted by atomic mass is 79.9. The quantitative estimate of drug-likeness (QED) is 0.515. The molecule has 35 heavy (non-hydrogen) atoms. The molecule has 1 aliphatic heterocycles. The Morgan fingerprint density at radius 1 is 1.26 bits per heavy atom. The van der Waals surface area contributed by atoms with Crippen LogP contribution in [0.4, 0.5) is 18.9 Å². The molecule has 1 heterocycles. The molecule has 0 radical (unpaired) electrons. The van der Waals surface area contributed by atoms with Crippen molar-refractivity contribution in [2.75, 3.05) is 31.1 Å². The van der Waals surface area contributed by atoms with E-state index in [1.807, 2.05) is 24.7 Å². The summed E-state index contributed by atoms with van der Waals surface area (Å²) in [5.41, 5.74) is -0.0902. The molecule has 186 valence electrons. The number of amides is 2. The summed E-state index contributed by atoms with van der Waals surface area (Å²) in [6.07, 6.45) is -4.96. The topological polar surface area (TPSA) is 86.9 Å². The first-order valence-electron chi connectivity index (χ1n) is 10.6. The van der Waals surface area contributed by atoms with Crippen molar-refractivity contribution in [2.45, 2.75) is 25.6 Å². The number of primary amides is 1. The second-order valence-electron chi connectivity index (χ2n) is 7.85. The molecule has 2 aromatic rings. The van der Waals surface area contributed by atoms with Crippen LogP contribution >= 0.6 is 27.5 Å². The molecule has 1 atom stereocenters. The molecule has 0 fully saturated rings. The number of fused-ring (bicyclic) bond motifs is 1. The van der Waals surface area contributed by atoms with Crippen LogP contribution < -0.4 is 10.6 Å². The Hall–Kier alpha value is -2.58. The van der Waals surface area contributed by atoms with E-state index >= 15 is 0 Å². The van der Waals surface area contributed by atoms with Gasteiger partial charge in [-0.2, -0.15) is 13.2 Å². The fraction of sp³-hybridized carbons (Fsp3) is 0.333. The van der Waals surface area contributed by atoms with Crippen molar-refractivity contribution in [2.24, 2.45) is 5.73 Å². The van der Waals surface area contributed by atoms with Crippen LogP contribution in [0, 0.1) is 11.8 Å². The van der Waals surface area contributed by atoms with Gasteiger partial charge in [-0.15, -0.1) is 0 Å². The van der Waals surface area contributed by atoms with Gasteiger partial charge in [0.15, 0.2) is 5.60 Å². The second-order valence-corrected chi connectivity index (χ2v) is 9.17. The lowest BCUT2D eigenvalue weighted by molar-refractivity contribution is -0.142. The third-order valence-corrected chi connectivity index (χ3v) is 6.62. The molecule has 2 amide bonds. The first-order chi connectivity index (χ1) is 16.3. The fourth-order valence-corrected chi connectivity index (χ4v) is 4.91. The van der Waals surface area contributed by atoms with Crippen LogP contribution in [0.25, 0.3) is 0 Å². The van der Waals surface area contributed by atoms with Gasteiger partial charge in [0.25, 0.3) is 11.8 Å². The van der Waals surface area contributed by atoms with Crippen molar-refractivity contribution in [3.8, 4) is 11.8 Å². The van der Waals surface area contributed by atoms with Crippen LogP contribution in [0.5, 0.6) is 0 Å². The standard InChI is InChI=1S/C24H22BrClF3N3O3/c1-3-31(4-2)9-10-32-19-12-14(5-8-20(30)33)11-17(24(27,28)29)21(19)23(35,22(32)34)16-7-6-15(25)13-18(16)26/h6-7,11-13,35H,3-4,9-10H2,1-2H3,(H2,30,33). The van der Waals surface area contributed by atoms with Crippen molar-refractivity contribution in [3.05, 3.63) is 62.1 Å². The normalized spacial score (nSPS) is 17.4. The summed E-state index contributed by atoms with van der Waals surface area (Å²) in [4.78, 5) is 27.9. The van der Waals surface area contributed by atoms with E-state index in [1.165, 1.54) is 24.3 Å². The molecule has 2 aromatic carbocycles. The lowest BCUT2D eigenvalue weighted by Crippen LogP contribution is -2.44. The molecule has 3 rings (SSSR count). The van der Waals surface area contributed by atoms with Crippen molar-refractivity contribution in [1.29, 1.82) is 0 Å². The summed E-state index contributed by atoms with van der Waals surface area (Å²) in [7, 11) is 0. The number of nitrogens with two attached hydrogens (primary N) is 1. The van der Waals surface area contributed by atoms with Crippen molar-refractivity contribution in [1.82, 2.24) is 4.90 Å². The summed E-state index contributed by atoms with van der Waals surface area (Å²) in [6, 6.07) is 6.10. The Morgan fingerprint density at radius 2 is 1.91 bits per heavy atom. The monoisotopic (exact) mass is 571 g/mol. The first kappa shape index (κ1) is 27.0. The first-order valence-corrected chi connectivity index (χ1v) is 11.8. The number of anilines is 1. The predicted molar refractivity (Wildman–Crippen MR) is 130 cm³/mol. The van der Waals surface area contributed by atoms with E-state index in [0.29, 0.717) is 30.2 Å². The van der Waals surface area contributed by atoms with Gasteiger partial charge in [-0.25, -0.2) is 0 Å². The minimum atomic E-state index is -4.96. The van der Waals surface area contributed by atoms with E-state index in [9.17, 15) is 27.9 Å². The van der Waals surface area contributed by atoms with E-state index in [0.717, 1.165) is 4.90 Å². The van der Waals surface area contributed by atoms with Crippen LogP contribution in [0.1, 0.15) is 36.1 Å². The van der Waals surface area contributed by atoms with E-state index in [1.54, 1.807) is 0 Å². The number of likely N-dealkylation sites (N-methyl/N-ethyl adjacent to an activating group) is 1. The number of benzene rings is 2. The number of nitrogens with zero attached hydrogens (tertiary/aromatic N) is 2. The van der Waals surface area contributed by atoms with E-state index in [4.69, 9.17) is 17.3 Å². The number of carbonyl (C=O) groups is 2. The molecule has 0 bridgehead atoms. The van der Waals surface area contributed by atoms with E-state index in [-0.39, 0.29) is 28.4 Å². The number of carbonyl (C=O) groups excluding carboxylic acids is 2. The predicted octanol–water partition coefficient (Wildman–Crippen LogP) is 3.88. The second kappa shape index (κ2) is 10.2. The molecular weight excluding hydrogens is 551 g/mol. The smallest absolute Gasteiger partial charge is 0.372 e. The Bertz CT molecular complexity index is 1240. The highest BCUT2D eigenvalue weighted by Gasteiger charge is 2.56. The Balaban J connectivity index is 2.34. The van der Waals surface area contributed by atoms with Gasteiger partial charge in [-0.1, -0.05) is 53.4 Å². The van der Waals surface area contributed by atoms with Crippen molar-refractivity contribution in [3.63, 3.8) is 0 Å². The third kappa shape index (κ3) is 5.19. The Kier molecular flexibility index (Phi) is 7.86. The minimum Gasteiger partial charge on any atom is -0.372 e. The van der Waals surface area contributed by atoms with Crippen LogP contribution in [-0.2, 0) is 21.4 Å². The van der Waals surface area contributed by atoms with E-state index in [2.05, 4.69) is 21.9 Å². The summed E-state index contributed by atoms with van der Waals surface area (Å²) in [5, 5.41) is 11.7. The third-order valence-electron chi connectivity index (χ3n) is 5.82. The maximum absolute atomic E-state index is 14.3. The maximum atomic E-state index is 14.3. The van der Waals surface area contributed by atoms with Gasteiger partial charge in [-0.3, -0.25) is 9.59 Å². The zero-order valence-corrected chi connectivity index (χ0v) is 21.2. The van der Waals surface area contributed by atoms with Gasteiger partial charge in [0.05, 0.1) is 11.3 Å². The lowest BCUT2D eigenvalue weighted by atomic mass is 9.83. The largest absolute Gasteiger partial charge is 0.416 e. The molecule has 0 spiro atoms. The number of hydrogen-bond acceptors (Lipinski definition) is 4. The molecule has 0 aliphatic carbocycles. The van der Waals surface area contributed by atoms with Gasteiger partial charge < -0.3 is 20.6 Å². The van der Waals surface area contributed by atoms with Crippen molar-refractivity contribution >= 4 is 45.0 Å². The van der Waals surface area contributed by atoms with E-state index < -0.39 is 34.7 Å². The summed E-state index contributed by atoms with van der Waals surface area (Å²) >= 11 is 9.53. The molecule has 11 heteroatoms. The van der Waals surface area contributed by atoms with Gasteiger partial charge in [0.2, 0.25) is 0 Å². The highest BCUT2D eigenvalue weighted by molar-refractivity contribution is 9.10. The number of hydrogen-bond donors (Lipinski definition) is 2. The molecule has 6 nitrogen and oxygen atoms in total. The van der Waals surface area contributed by atoms with Crippen molar-refractivity contribution < 1.29 is 27.9 Å². The van der Waals surface area contributed by atoms with Gasteiger partial charge in [0.1, 0.15) is 0 Å². The Labute approximate surface area is 214 Å². The number of alkyl halides is 3. The molecule has 1 unspecified atom stereocenters. The zero-order chi connectivity index (χ0) is 26.1. The molecule has 1 aliphatic rings. The molecule has 0 aromatic heterocycles. The number of rotatable bonds is 6. The average molecular weight is 573 g/mol. The summed E-state index contributed by atoms with van der Waals surface area (Å²) < 4.78 is 43.4. The molecule has 3 N–H and O–H groups in total. The average Bonchev–Trinajstić information content (AvgIpc) is 2.99. The van der Waals surface area contributed by atoms with Crippen LogP contribution in [-0.4, -0.2) is 48.0 Å². The van der Waals surface area contributed by atoms with Gasteiger partial charge in [-0.05, 0) is 43.3 Å². The number of aliphatic hydroxyl groups is 1. The lowest BCUT2D eigenvalue weighted by Gasteiger charge is -2.27.